The van der Waals surface area contributed by atoms with E-state index < -0.39 is 6.04 Å². The maximum absolute atomic E-state index is 12.6. The fraction of sp³-hybridized carbons (Fsp3) is 0.571. The summed E-state index contributed by atoms with van der Waals surface area (Å²) < 4.78 is 6.84. The highest BCUT2D eigenvalue weighted by atomic mass is 16.5. The third kappa shape index (κ3) is 2.64. The molecule has 2 heterocycles. The molecule has 1 amide bonds. The van der Waals surface area contributed by atoms with Crippen LogP contribution < -0.4 is 5.73 Å². The van der Waals surface area contributed by atoms with Gasteiger partial charge < -0.3 is 19.9 Å². The predicted octanol–water partition coefficient (Wildman–Crippen LogP) is 1.26. The molecular weight excluding hydrogens is 258 g/mol. The highest BCUT2D eigenvalue weighted by Gasteiger charge is 2.36. The van der Waals surface area contributed by atoms with Crippen molar-refractivity contribution in [2.75, 3.05) is 18.9 Å². The minimum absolute atomic E-state index is 0.154. The molecular formula is C14H21N3O3. The molecule has 110 valence electrons. The van der Waals surface area contributed by atoms with Crippen LogP contribution >= 0.6 is 0 Å². The average Bonchev–Trinajstić information content (AvgIpc) is 3.04. The molecule has 1 unspecified atom stereocenters. The minimum Gasteiger partial charge on any atom is -0.464 e. The number of carbonyl (C=O) groups is 2. The van der Waals surface area contributed by atoms with E-state index in [1.807, 2.05) is 6.92 Å². The van der Waals surface area contributed by atoms with E-state index in [1.54, 1.807) is 28.7 Å². The Labute approximate surface area is 118 Å². The molecule has 20 heavy (non-hydrogen) atoms. The number of nitrogens with zero attached hydrogens (tertiary/aromatic N) is 2. The zero-order valence-corrected chi connectivity index (χ0v) is 12.0. The summed E-state index contributed by atoms with van der Waals surface area (Å²) in [5.74, 6) is -0.472. The van der Waals surface area contributed by atoms with Crippen molar-refractivity contribution < 1.29 is 14.3 Å². The standard InChI is InChI=1S/C14H21N3O3/c1-3-16-9-10(15)8-12(16)13(18)17-7-5-6-11(17)14(19)20-4-2/h8-9,11H,3-7,15H2,1-2H3. The molecule has 1 saturated heterocycles. The molecule has 6 nitrogen and oxygen atoms in total. The number of likely N-dealkylation sites (tertiary alicyclic amines) is 1. The number of nitrogens with two attached hydrogens (primary N) is 1. The van der Waals surface area contributed by atoms with Gasteiger partial charge in [-0.1, -0.05) is 0 Å². The van der Waals surface area contributed by atoms with Gasteiger partial charge in [-0.2, -0.15) is 0 Å². The summed E-state index contributed by atoms with van der Waals surface area (Å²) >= 11 is 0. The highest BCUT2D eigenvalue weighted by molar-refractivity contribution is 5.96. The van der Waals surface area contributed by atoms with Gasteiger partial charge in [-0.05, 0) is 32.8 Å². The van der Waals surface area contributed by atoms with Crippen molar-refractivity contribution in [3.05, 3.63) is 18.0 Å². The molecule has 1 aliphatic rings. The molecule has 1 aliphatic heterocycles. The number of hydrogen-bond donors (Lipinski definition) is 1. The van der Waals surface area contributed by atoms with Crippen LogP contribution in [-0.4, -0.2) is 40.5 Å². The van der Waals surface area contributed by atoms with Crippen LogP contribution in [0.25, 0.3) is 0 Å². The quantitative estimate of drug-likeness (QED) is 0.842. The number of aromatic nitrogens is 1. The predicted molar refractivity (Wildman–Crippen MR) is 75.2 cm³/mol. The second-order valence-corrected chi connectivity index (χ2v) is 4.85. The lowest BCUT2D eigenvalue weighted by molar-refractivity contribution is -0.147. The average molecular weight is 279 g/mol. The number of ether oxygens (including phenoxy) is 1. The number of nitrogen functional groups attached to an aromatic ring is 1. The van der Waals surface area contributed by atoms with E-state index in [4.69, 9.17) is 10.5 Å². The summed E-state index contributed by atoms with van der Waals surface area (Å²) in [5.41, 5.74) is 6.84. The molecule has 0 aromatic carbocycles. The van der Waals surface area contributed by atoms with Crippen LogP contribution in [0.1, 0.15) is 37.2 Å². The van der Waals surface area contributed by atoms with Crippen LogP contribution in [0.2, 0.25) is 0 Å². The molecule has 1 fully saturated rings. The Bertz CT molecular complexity index is 510. The Morgan fingerprint density at radius 3 is 2.85 bits per heavy atom. The largest absolute Gasteiger partial charge is 0.464 e. The number of anilines is 1. The van der Waals surface area contributed by atoms with E-state index in [1.165, 1.54) is 0 Å². The van der Waals surface area contributed by atoms with E-state index in [-0.39, 0.29) is 11.9 Å². The number of rotatable bonds is 4. The van der Waals surface area contributed by atoms with Gasteiger partial charge in [0, 0.05) is 19.3 Å². The molecule has 1 aromatic heterocycles. The minimum atomic E-state index is -0.469. The van der Waals surface area contributed by atoms with E-state index in [0.29, 0.717) is 37.5 Å². The Kier molecular flexibility index (Phi) is 4.32. The van der Waals surface area contributed by atoms with Crippen molar-refractivity contribution in [3.63, 3.8) is 0 Å². The maximum Gasteiger partial charge on any atom is 0.328 e. The first-order chi connectivity index (χ1) is 9.58. The van der Waals surface area contributed by atoms with Crippen LogP contribution in [0.5, 0.6) is 0 Å². The van der Waals surface area contributed by atoms with E-state index in [2.05, 4.69) is 0 Å². The van der Waals surface area contributed by atoms with Gasteiger partial charge >= 0.3 is 5.97 Å². The summed E-state index contributed by atoms with van der Waals surface area (Å²) in [6.07, 6.45) is 3.22. The molecule has 0 aliphatic carbocycles. The molecule has 2 N–H and O–H groups in total. The zero-order valence-electron chi connectivity index (χ0n) is 12.0. The molecule has 0 spiro atoms. The summed E-state index contributed by atoms with van der Waals surface area (Å²) in [6.45, 7) is 5.29. The van der Waals surface area contributed by atoms with Gasteiger partial charge in [-0.15, -0.1) is 0 Å². The molecule has 6 heteroatoms. The summed E-state index contributed by atoms with van der Waals surface area (Å²) in [6, 6.07) is 1.19. The SMILES string of the molecule is CCOC(=O)C1CCCN1C(=O)c1cc(N)cn1CC. The van der Waals surface area contributed by atoms with Crippen LogP contribution in [0.3, 0.4) is 0 Å². The van der Waals surface area contributed by atoms with Crippen molar-refractivity contribution in [2.24, 2.45) is 0 Å². The van der Waals surface area contributed by atoms with Crippen molar-refractivity contribution in [3.8, 4) is 0 Å². The third-order valence-electron chi connectivity index (χ3n) is 3.55. The van der Waals surface area contributed by atoms with Crippen molar-refractivity contribution >= 4 is 17.6 Å². The lowest BCUT2D eigenvalue weighted by atomic mass is 10.2. The van der Waals surface area contributed by atoms with Gasteiger partial charge in [0.15, 0.2) is 0 Å². The van der Waals surface area contributed by atoms with Crippen LogP contribution in [0.15, 0.2) is 12.3 Å². The maximum atomic E-state index is 12.6. The number of esters is 1. The van der Waals surface area contributed by atoms with E-state index in [0.717, 1.165) is 6.42 Å². The van der Waals surface area contributed by atoms with Crippen molar-refractivity contribution in [1.29, 1.82) is 0 Å². The second-order valence-electron chi connectivity index (χ2n) is 4.85. The first-order valence-electron chi connectivity index (χ1n) is 7.01. The molecule has 2 rings (SSSR count). The van der Waals surface area contributed by atoms with Gasteiger partial charge in [0.1, 0.15) is 11.7 Å². The van der Waals surface area contributed by atoms with Gasteiger partial charge in [0.2, 0.25) is 0 Å². The second kappa shape index (κ2) is 5.98. The van der Waals surface area contributed by atoms with Crippen LogP contribution in [0, 0.1) is 0 Å². The molecule has 1 aromatic rings. The first-order valence-corrected chi connectivity index (χ1v) is 7.01. The monoisotopic (exact) mass is 279 g/mol. The fourth-order valence-corrected chi connectivity index (χ4v) is 2.61. The van der Waals surface area contributed by atoms with E-state index in [9.17, 15) is 9.59 Å². The number of carbonyl (C=O) groups excluding carboxylic acids is 2. The fourth-order valence-electron chi connectivity index (χ4n) is 2.61. The number of aryl methyl sites for hydroxylation is 1. The van der Waals surface area contributed by atoms with Gasteiger partial charge in [0.25, 0.3) is 5.91 Å². The topological polar surface area (TPSA) is 77.6 Å². The Morgan fingerprint density at radius 1 is 1.45 bits per heavy atom. The number of hydrogen-bond acceptors (Lipinski definition) is 4. The van der Waals surface area contributed by atoms with Gasteiger partial charge in [0.05, 0.1) is 12.3 Å². The highest BCUT2D eigenvalue weighted by Crippen LogP contribution is 2.22. The lowest BCUT2D eigenvalue weighted by Crippen LogP contribution is -2.42. The Hall–Kier alpha value is -1.98. The summed E-state index contributed by atoms with van der Waals surface area (Å²) in [7, 11) is 0. The lowest BCUT2D eigenvalue weighted by Gasteiger charge is -2.23. The Balaban J connectivity index is 2.21. The molecule has 0 bridgehead atoms. The normalized spacial score (nSPS) is 18.3. The molecule has 1 atom stereocenters. The van der Waals surface area contributed by atoms with Crippen LogP contribution in [0.4, 0.5) is 5.69 Å². The van der Waals surface area contributed by atoms with Crippen LogP contribution in [-0.2, 0) is 16.1 Å². The number of amides is 1. The third-order valence-corrected chi connectivity index (χ3v) is 3.55. The summed E-state index contributed by atoms with van der Waals surface area (Å²) in [4.78, 5) is 26.1. The van der Waals surface area contributed by atoms with E-state index >= 15 is 0 Å². The molecule has 0 radical (unpaired) electrons. The van der Waals surface area contributed by atoms with Crippen molar-refractivity contribution in [1.82, 2.24) is 9.47 Å². The molecule has 0 saturated carbocycles. The Morgan fingerprint density at radius 2 is 2.20 bits per heavy atom. The smallest absolute Gasteiger partial charge is 0.328 e. The zero-order chi connectivity index (χ0) is 14.7. The summed E-state index contributed by atoms with van der Waals surface area (Å²) in [5, 5.41) is 0. The van der Waals surface area contributed by atoms with Gasteiger partial charge in [-0.3, -0.25) is 4.79 Å². The van der Waals surface area contributed by atoms with Gasteiger partial charge in [-0.25, -0.2) is 4.79 Å². The van der Waals surface area contributed by atoms with Crippen molar-refractivity contribution in [2.45, 2.75) is 39.3 Å². The first kappa shape index (κ1) is 14.4.